The number of nitrogens with zero attached hydrogens (tertiary/aromatic N) is 4. The molecule has 0 bridgehead atoms. The minimum absolute atomic E-state index is 0.331. The standard InChI is InChI=1S/C25H26FN5O2/c1-16-14-31(15-27-16)21-11-7-18(13-22(21)33-4)20-10-12-23(30-29-20)28-24(25(2,3)32)17-5-8-19(26)9-6-17/h5-15,24,32H,1-4H3,(H,28,30)/t24-/m1/s1. The number of imidazole rings is 1. The van der Waals surface area contributed by atoms with E-state index in [1.165, 1.54) is 12.1 Å². The number of halogens is 1. The van der Waals surface area contributed by atoms with Gasteiger partial charge in [0, 0.05) is 11.8 Å². The van der Waals surface area contributed by atoms with Gasteiger partial charge in [0.05, 0.1) is 42.2 Å². The lowest BCUT2D eigenvalue weighted by molar-refractivity contribution is 0.0587. The summed E-state index contributed by atoms with van der Waals surface area (Å²) >= 11 is 0. The van der Waals surface area contributed by atoms with Gasteiger partial charge >= 0.3 is 0 Å². The van der Waals surface area contributed by atoms with Gasteiger partial charge in [-0.05, 0) is 62.7 Å². The molecular formula is C25H26FN5O2. The molecule has 1 atom stereocenters. The largest absolute Gasteiger partial charge is 0.495 e. The summed E-state index contributed by atoms with van der Waals surface area (Å²) in [5, 5.41) is 22.5. The van der Waals surface area contributed by atoms with E-state index in [0.717, 1.165) is 22.5 Å². The van der Waals surface area contributed by atoms with E-state index in [1.807, 2.05) is 42.0 Å². The van der Waals surface area contributed by atoms with Crippen LogP contribution in [0.2, 0.25) is 0 Å². The number of aryl methyl sites for hydroxylation is 1. The van der Waals surface area contributed by atoms with Crippen LogP contribution in [0, 0.1) is 12.7 Å². The lowest BCUT2D eigenvalue weighted by Crippen LogP contribution is -2.34. The lowest BCUT2D eigenvalue weighted by atomic mass is 9.92. The Morgan fingerprint density at radius 2 is 1.82 bits per heavy atom. The lowest BCUT2D eigenvalue weighted by Gasteiger charge is -2.31. The second-order valence-electron chi connectivity index (χ2n) is 8.40. The van der Waals surface area contributed by atoms with Crippen molar-refractivity contribution in [3.63, 3.8) is 0 Å². The van der Waals surface area contributed by atoms with E-state index in [4.69, 9.17) is 4.74 Å². The first-order valence-electron chi connectivity index (χ1n) is 10.5. The van der Waals surface area contributed by atoms with Gasteiger partial charge in [0.15, 0.2) is 0 Å². The van der Waals surface area contributed by atoms with Crippen molar-refractivity contribution in [1.29, 1.82) is 0 Å². The predicted molar refractivity (Wildman–Crippen MR) is 125 cm³/mol. The molecule has 0 aliphatic rings. The van der Waals surface area contributed by atoms with E-state index in [0.29, 0.717) is 17.3 Å². The highest BCUT2D eigenvalue weighted by molar-refractivity contribution is 5.65. The first kappa shape index (κ1) is 22.4. The first-order valence-corrected chi connectivity index (χ1v) is 10.5. The molecule has 0 aliphatic carbocycles. The van der Waals surface area contributed by atoms with Crippen LogP contribution in [0.25, 0.3) is 16.9 Å². The summed E-state index contributed by atoms with van der Waals surface area (Å²) in [7, 11) is 1.62. The number of benzene rings is 2. The third-order valence-electron chi connectivity index (χ3n) is 5.33. The molecule has 0 saturated carbocycles. The molecular weight excluding hydrogens is 421 g/mol. The Morgan fingerprint density at radius 3 is 2.39 bits per heavy atom. The first-order chi connectivity index (χ1) is 15.7. The second kappa shape index (κ2) is 8.99. The van der Waals surface area contributed by atoms with Gasteiger partial charge in [-0.2, -0.15) is 0 Å². The Labute approximate surface area is 191 Å². The molecule has 0 amide bonds. The summed E-state index contributed by atoms with van der Waals surface area (Å²) in [4.78, 5) is 4.27. The third-order valence-corrected chi connectivity index (χ3v) is 5.33. The van der Waals surface area contributed by atoms with E-state index in [9.17, 15) is 9.50 Å². The monoisotopic (exact) mass is 447 g/mol. The fraction of sp³-hybridized carbons (Fsp3) is 0.240. The third kappa shape index (κ3) is 5.01. The Kier molecular flexibility index (Phi) is 6.11. The van der Waals surface area contributed by atoms with E-state index in [-0.39, 0.29) is 5.82 Å². The Morgan fingerprint density at radius 1 is 1.06 bits per heavy atom. The van der Waals surface area contributed by atoms with Crippen LogP contribution in [0.4, 0.5) is 10.2 Å². The number of anilines is 1. The van der Waals surface area contributed by atoms with Crippen molar-refractivity contribution in [1.82, 2.24) is 19.7 Å². The molecule has 0 fully saturated rings. The fourth-order valence-corrected chi connectivity index (χ4v) is 3.64. The highest BCUT2D eigenvalue weighted by Crippen LogP contribution is 2.31. The summed E-state index contributed by atoms with van der Waals surface area (Å²) in [5.74, 6) is 0.849. The molecule has 8 heteroatoms. The zero-order chi connectivity index (χ0) is 23.6. The van der Waals surface area contributed by atoms with Gasteiger partial charge in [-0.3, -0.25) is 0 Å². The van der Waals surface area contributed by atoms with E-state index < -0.39 is 11.6 Å². The summed E-state index contributed by atoms with van der Waals surface area (Å²) in [6.07, 6.45) is 3.67. The average Bonchev–Trinajstić information content (AvgIpc) is 3.23. The predicted octanol–water partition coefficient (Wildman–Crippen LogP) is 4.71. The van der Waals surface area contributed by atoms with Crippen LogP contribution in [-0.2, 0) is 0 Å². The van der Waals surface area contributed by atoms with Crippen LogP contribution < -0.4 is 10.1 Å². The highest BCUT2D eigenvalue weighted by Gasteiger charge is 2.29. The van der Waals surface area contributed by atoms with Gasteiger partial charge in [0.2, 0.25) is 0 Å². The van der Waals surface area contributed by atoms with Gasteiger partial charge in [-0.25, -0.2) is 9.37 Å². The van der Waals surface area contributed by atoms with Gasteiger partial charge in [0.1, 0.15) is 17.4 Å². The van der Waals surface area contributed by atoms with E-state index in [2.05, 4.69) is 20.5 Å². The van der Waals surface area contributed by atoms with Gasteiger partial charge in [0.25, 0.3) is 0 Å². The zero-order valence-corrected chi connectivity index (χ0v) is 19.0. The Balaban J connectivity index is 1.58. The van der Waals surface area contributed by atoms with Gasteiger partial charge < -0.3 is 19.7 Å². The number of ether oxygens (including phenoxy) is 1. The van der Waals surface area contributed by atoms with Crippen molar-refractivity contribution in [2.24, 2.45) is 0 Å². The number of rotatable bonds is 7. The molecule has 0 unspecified atom stereocenters. The molecule has 2 aromatic heterocycles. The maximum Gasteiger partial charge on any atom is 0.149 e. The van der Waals surface area contributed by atoms with Crippen LogP contribution >= 0.6 is 0 Å². The number of nitrogens with one attached hydrogen (secondary N) is 1. The molecule has 33 heavy (non-hydrogen) atoms. The van der Waals surface area contributed by atoms with Crippen molar-refractivity contribution >= 4 is 5.82 Å². The quantitative estimate of drug-likeness (QED) is 0.427. The summed E-state index contributed by atoms with van der Waals surface area (Å²) in [5.41, 5.74) is 2.94. The number of methoxy groups -OCH3 is 1. The number of hydrogen-bond donors (Lipinski definition) is 2. The van der Waals surface area contributed by atoms with Crippen molar-refractivity contribution in [2.45, 2.75) is 32.4 Å². The van der Waals surface area contributed by atoms with E-state index in [1.54, 1.807) is 45.5 Å². The molecule has 2 N–H and O–H groups in total. The molecule has 4 rings (SSSR count). The molecule has 4 aromatic rings. The van der Waals surface area contributed by atoms with Gasteiger partial charge in [-0.1, -0.05) is 18.2 Å². The summed E-state index contributed by atoms with van der Waals surface area (Å²) in [6, 6.07) is 15.0. The number of hydrogen-bond acceptors (Lipinski definition) is 6. The van der Waals surface area contributed by atoms with Gasteiger partial charge in [-0.15, -0.1) is 10.2 Å². The minimum Gasteiger partial charge on any atom is -0.495 e. The maximum atomic E-state index is 13.3. The summed E-state index contributed by atoms with van der Waals surface area (Å²) < 4.78 is 20.8. The van der Waals surface area contributed by atoms with Crippen LogP contribution in [0.15, 0.2) is 67.1 Å². The normalized spacial score (nSPS) is 12.4. The number of aromatic nitrogens is 4. The van der Waals surface area contributed by atoms with Crippen LogP contribution in [-0.4, -0.2) is 37.6 Å². The maximum absolute atomic E-state index is 13.3. The van der Waals surface area contributed by atoms with Crippen molar-refractivity contribution in [3.8, 4) is 22.7 Å². The van der Waals surface area contributed by atoms with E-state index >= 15 is 0 Å². The molecule has 2 aromatic carbocycles. The minimum atomic E-state index is -1.12. The van der Waals surface area contributed by atoms with Crippen LogP contribution in [0.1, 0.15) is 31.1 Å². The topological polar surface area (TPSA) is 85.1 Å². The molecule has 0 radical (unpaired) electrons. The smallest absolute Gasteiger partial charge is 0.149 e. The van der Waals surface area contributed by atoms with Crippen molar-refractivity contribution < 1.29 is 14.2 Å². The Bertz CT molecular complexity index is 1230. The zero-order valence-electron chi connectivity index (χ0n) is 19.0. The second-order valence-corrected chi connectivity index (χ2v) is 8.40. The molecule has 0 aliphatic heterocycles. The summed E-state index contributed by atoms with van der Waals surface area (Å²) in [6.45, 7) is 5.30. The molecule has 170 valence electrons. The van der Waals surface area contributed by atoms with Crippen LogP contribution in [0.5, 0.6) is 5.75 Å². The fourth-order valence-electron chi connectivity index (χ4n) is 3.64. The average molecular weight is 448 g/mol. The molecule has 2 heterocycles. The molecule has 0 saturated heterocycles. The SMILES string of the molecule is COc1cc(-c2ccc(N[C@H](c3ccc(F)cc3)C(C)(C)O)nn2)ccc1-n1cnc(C)c1. The number of aliphatic hydroxyl groups is 1. The molecule has 7 nitrogen and oxygen atoms in total. The van der Waals surface area contributed by atoms with Crippen LogP contribution in [0.3, 0.4) is 0 Å². The van der Waals surface area contributed by atoms with Crippen molar-refractivity contribution in [2.75, 3.05) is 12.4 Å². The molecule has 0 spiro atoms. The Hall–Kier alpha value is -3.78. The van der Waals surface area contributed by atoms with Crippen molar-refractivity contribution in [3.05, 3.63) is 84.2 Å². The highest BCUT2D eigenvalue weighted by atomic mass is 19.1.